The lowest BCUT2D eigenvalue weighted by Crippen LogP contribution is -2.14. The maximum Gasteiger partial charge on any atom is 0.0751 e. The van der Waals surface area contributed by atoms with Gasteiger partial charge in [0.05, 0.1) is 11.9 Å². The Bertz CT molecular complexity index is 244. The lowest BCUT2D eigenvalue weighted by atomic mass is 10.1. The molecule has 0 bridgehead atoms. The molecule has 1 rings (SSSR count). The van der Waals surface area contributed by atoms with Gasteiger partial charge in [-0.2, -0.15) is 0 Å². The zero-order chi connectivity index (χ0) is 9.68. The molecule has 13 heavy (non-hydrogen) atoms. The van der Waals surface area contributed by atoms with Gasteiger partial charge in [-0.25, -0.2) is 0 Å². The second kappa shape index (κ2) is 4.97. The summed E-state index contributed by atoms with van der Waals surface area (Å²) in [7, 11) is 1.88. The Kier molecular flexibility index (Phi) is 3.89. The molecule has 1 unspecified atom stereocenters. The van der Waals surface area contributed by atoms with Gasteiger partial charge in [0, 0.05) is 13.1 Å². The summed E-state index contributed by atoms with van der Waals surface area (Å²) in [5, 5.41) is 7.66. The van der Waals surface area contributed by atoms with Crippen LogP contribution < -0.4 is 5.73 Å². The Labute approximate surface area is 79.1 Å². The first-order valence-electron chi connectivity index (χ1n) is 4.86. The molecule has 74 valence electrons. The van der Waals surface area contributed by atoms with E-state index in [4.69, 9.17) is 5.73 Å². The Hall–Kier alpha value is -0.900. The molecular formula is C9H18N4. The minimum Gasteiger partial charge on any atom is -0.323 e. The smallest absolute Gasteiger partial charge is 0.0751 e. The molecule has 0 radical (unpaired) electrons. The number of hydrogen-bond acceptors (Lipinski definition) is 3. The topological polar surface area (TPSA) is 56.7 Å². The second-order valence-corrected chi connectivity index (χ2v) is 3.38. The van der Waals surface area contributed by atoms with Crippen LogP contribution in [0.4, 0.5) is 0 Å². The number of rotatable bonds is 5. The first-order chi connectivity index (χ1) is 6.25. The van der Waals surface area contributed by atoms with Crippen molar-refractivity contribution in [2.45, 2.75) is 38.6 Å². The maximum absolute atomic E-state index is 5.98. The third-order valence-corrected chi connectivity index (χ3v) is 2.25. The summed E-state index contributed by atoms with van der Waals surface area (Å²) in [5.74, 6) is 0. The van der Waals surface area contributed by atoms with Gasteiger partial charge < -0.3 is 5.73 Å². The Morgan fingerprint density at radius 1 is 1.54 bits per heavy atom. The van der Waals surface area contributed by atoms with E-state index in [0.29, 0.717) is 0 Å². The van der Waals surface area contributed by atoms with E-state index in [0.717, 1.165) is 12.1 Å². The van der Waals surface area contributed by atoms with E-state index in [1.807, 2.05) is 7.05 Å². The summed E-state index contributed by atoms with van der Waals surface area (Å²) in [4.78, 5) is 0. The largest absolute Gasteiger partial charge is 0.323 e. The first-order valence-corrected chi connectivity index (χ1v) is 4.86. The van der Waals surface area contributed by atoms with Gasteiger partial charge in [0.25, 0.3) is 0 Å². The molecule has 0 aliphatic rings. The molecule has 2 N–H and O–H groups in total. The number of nitrogens with two attached hydrogens (primary N) is 1. The van der Waals surface area contributed by atoms with Crippen LogP contribution in [0.2, 0.25) is 0 Å². The summed E-state index contributed by atoms with van der Waals surface area (Å²) in [6.45, 7) is 2.19. The monoisotopic (exact) mass is 182 g/mol. The molecule has 1 aromatic rings. The molecular weight excluding hydrogens is 164 g/mol. The predicted octanol–water partition coefficient (Wildman–Crippen LogP) is 1.40. The van der Waals surface area contributed by atoms with Crippen molar-refractivity contribution in [3.8, 4) is 0 Å². The number of unbranched alkanes of at least 4 members (excludes halogenated alkanes) is 2. The van der Waals surface area contributed by atoms with Crippen molar-refractivity contribution in [2.24, 2.45) is 12.8 Å². The van der Waals surface area contributed by atoms with Gasteiger partial charge in [0.1, 0.15) is 0 Å². The van der Waals surface area contributed by atoms with E-state index in [1.165, 1.54) is 19.3 Å². The van der Waals surface area contributed by atoms with Gasteiger partial charge in [-0.1, -0.05) is 31.4 Å². The first kappa shape index (κ1) is 10.2. The SMILES string of the molecule is CCCCCC(N)c1cnnn1C. The maximum atomic E-state index is 5.98. The molecule has 1 atom stereocenters. The van der Waals surface area contributed by atoms with Gasteiger partial charge in [0.2, 0.25) is 0 Å². The van der Waals surface area contributed by atoms with Gasteiger partial charge in [-0.15, -0.1) is 5.10 Å². The Morgan fingerprint density at radius 3 is 2.85 bits per heavy atom. The van der Waals surface area contributed by atoms with Crippen LogP contribution in [-0.4, -0.2) is 15.0 Å². The second-order valence-electron chi connectivity index (χ2n) is 3.38. The highest BCUT2D eigenvalue weighted by Gasteiger charge is 2.09. The minimum atomic E-state index is 0.0894. The number of hydrogen-bond donors (Lipinski definition) is 1. The van der Waals surface area contributed by atoms with Crippen LogP contribution in [0.25, 0.3) is 0 Å². The number of aromatic nitrogens is 3. The Balaban J connectivity index is 2.39. The summed E-state index contributed by atoms with van der Waals surface area (Å²) in [5.41, 5.74) is 7.00. The molecule has 0 saturated carbocycles. The van der Waals surface area contributed by atoms with Gasteiger partial charge in [-0.05, 0) is 6.42 Å². The lowest BCUT2D eigenvalue weighted by molar-refractivity contribution is 0.540. The zero-order valence-electron chi connectivity index (χ0n) is 8.40. The average molecular weight is 182 g/mol. The molecule has 4 heteroatoms. The fourth-order valence-corrected chi connectivity index (χ4v) is 1.40. The summed E-state index contributed by atoms with van der Waals surface area (Å²) in [6, 6.07) is 0.0894. The van der Waals surface area contributed by atoms with E-state index in [-0.39, 0.29) is 6.04 Å². The van der Waals surface area contributed by atoms with Crippen LogP contribution in [0.3, 0.4) is 0 Å². The normalized spacial score (nSPS) is 13.2. The molecule has 0 spiro atoms. The fourth-order valence-electron chi connectivity index (χ4n) is 1.40. The summed E-state index contributed by atoms with van der Waals surface area (Å²) < 4.78 is 1.75. The van der Waals surface area contributed by atoms with Crippen LogP contribution in [0.5, 0.6) is 0 Å². The van der Waals surface area contributed by atoms with Crippen LogP contribution in [0.1, 0.15) is 44.3 Å². The van der Waals surface area contributed by atoms with Crippen LogP contribution in [-0.2, 0) is 7.05 Å². The molecule has 0 aliphatic carbocycles. The van der Waals surface area contributed by atoms with Crippen molar-refractivity contribution < 1.29 is 0 Å². The Morgan fingerprint density at radius 2 is 2.31 bits per heavy atom. The van der Waals surface area contributed by atoms with E-state index in [9.17, 15) is 0 Å². The van der Waals surface area contributed by atoms with Crippen molar-refractivity contribution in [3.63, 3.8) is 0 Å². The molecule has 0 fully saturated rings. The quantitative estimate of drug-likeness (QED) is 0.700. The highest BCUT2D eigenvalue weighted by atomic mass is 15.4. The van der Waals surface area contributed by atoms with Crippen molar-refractivity contribution in [1.29, 1.82) is 0 Å². The van der Waals surface area contributed by atoms with E-state index in [1.54, 1.807) is 10.9 Å². The van der Waals surface area contributed by atoms with Crippen molar-refractivity contribution in [1.82, 2.24) is 15.0 Å². The standard InChI is InChI=1S/C9H18N4/c1-3-4-5-6-8(10)9-7-11-12-13(9)2/h7-8H,3-6,10H2,1-2H3. The highest BCUT2D eigenvalue weighted by Crippen LogP contribution is 2.14. The van der Waals surface area contributed by atoms with Crippen LogP contribution in [0.15, 0.2) is 6.20 Å². The van der Waals surface area contributed by atoms with Crippen molar-refractivity contribution >= 4 is 0 Å². The zero-order valence-corrected chi connectivity index (χ0v) is 8.40. The highest BCUT2D eigenvalue weighted by molar-refractivity contribution is 4.99. The fraction of sp³-hybridized carbons (Fsp3) is 0.778. The lowest BCUT2D eigenvalue weighted by Gasteiger charge is -2.09. The number of aryl methyl sites for hydroxylation is 1. The molecule has 0 amide bonds. The van der Waals surface area contributed by atoms with E-state index in [2.05, 4.69) is 17.2 Å². The predicted molar refractivity (Wildman–Crippen MR) is 52.1 cm³/mol. The summed E-state index contributed by atoms with van der Waals surface area (Å²) in [6.07, 6.45) is 6.43. The third kappa shape index (κ3) is 2.81. The third-order valence-electron chi connectivity index (χ3n) is 2.25. The number of nitrogens with zero attached hydrogens (tertiary/aromatic N) is 3. The van der Waals surface area contributed by atoms with Crippen LogP contribution >= 0.6 is 0 Å². The molecule has 0 saturated heterocycles. The van der Waals surface area contributed by atoms with E-state index >= 15 is 0 Å². The molecule has 1 heterocycles. The average Bonchev–Trinajstić information content (AvgIpc) is 2.52. The van der Waals surface area contributed by atoms with Crippen molar-refractivity contribution in [2.75, 3.05) is 0 Å². The van der Waals surface area contributed by atoms with Gasteiger partial charge in [0.15, 0.2) is 0 Å². The minimum absolute atomic E-state index is 0.0894. The molecule has 0 aromatic carbocycles. The van der Waals surface area contributed by atoms with Gasteiger partial charge >= 0.3 is 0 Å². The summed E-state index contributed by atoms with van der Waals surface area (Å²) >= 11 is 0. The van der Waals surface area contributed by atoms with Crippen molar-refractivity contribution in [3.05, 3.63) is 11.9 Å². The molecule has 4 nitrogen and oxygen atoms in total. The van der Waals surface area contributed by atoms with Crippen LogP contribution in [0, 0.1) is 0 Å². The van der Waals surface area contributed by atoms with E-state index < -0.39 is 0 Å². The molecule has 1 aromatic heterocycles. The molecule has 0 aliphatic heterocycles. The van der Waals surface area contributed by atoms with Gasteiger partial charge in [-0.3, -0.25) is 4.68 Å².